The van der Waals surface area contributed by atoms with Crippen LogP contribution in [0, 0.1) is 14.9 Å². The molecule has 0 aliphatic carbocycles. The summed E-state index contributed by atoms with van der Waals surface area (Å²) in [6, 6.07) is 7.31. The lowest BCUT2D eigenvalue weighted by Crippen LogP contribution is -2.00. The monoisotopic (exact) mass is 289 g/mol. The zero-order chi connectivity index (χ0) is 9.68. The highest BCUT2D eigenvalue weighted by Crippen LogP contribution is 2.21. The van der Waals surface area contributed by atoms with Gasteiger partial charge in [0.05, 0.1) is 15.2 Å². The third-order valence-electron chi connectivity index (χ3n) is 1.39. The fourth-order valence-corrected chi connectivity index (χ4v) is 1.48. The summed E-state index contributed by atoms with van der Waals surface area (Å²) in [5.41, 5.74) is 0.633. The Kier molecular flexibility index (Phi) is 3.99. The first-order valence-corrected chi connectivity index (χ1v) is 4.67. The van der Waals surface area contributed by atoms with Crippen LogP contribution in [0.3, 0.4) is 0 Å². The van der Waals surface area contributed by atoms with E-state index in [0.717, 1.165) is 9.32 Å². The summed E-state index contributed by atoms with van der Waals surface area (Å²) in [5.74, 6) is 0.737. The van der Waals surface area contributed by atoms with Crippen LogP contribution < -0.4 is 4.74 Å². The molecule has 0 aliphatic heterocycles. The van der Waals surface area contributed by atoms with Crippen LogP contribution in [0.1, 0.15) is 5.56 Å². The summed E-state index contributed by atoms with van der Waals surface area (Å²) in [6.45, 7) is 0.224. The number of nitriles is 1. The van der Waals surface area contributed by atoms with Crippen LogP contribution in [0.15, 0.2) is 18.2 Å². The van der Waals surface area contributed by atoms with Crippen LogP contribution in [0.2, 0.25) is 0 Å². The standard InChI is InChI=1S/C9H8INO2/c1-12-6-13-9-3-2-7(5-11)4-8(9)10/h2-4H,6H2,1H3. The number of methoxy groups -OCH3 is 1. The lowest BCUT2D eigenvalue weighted by atomic mass is 10.2. The molecule has 1 aromatic rings. The molecule has 0 heterocycles. The Labute approximate surface area is 90.4 Å². The maximum Gasteiger partial charge on any atom is 0.188 e. The normalized spacial score (nSPS) is 9.31. The first-order chi connectivity index (χ1) is 6.27. The molecule has 0 radical (unpaired) electrons. The number of hydrogen-bond donors (Lipinski definition) is 0. The van der Waals surface area contributed by atoms with E-state index >= 15 is 0 Å². The number of ether oxygens (including phenoxy) is 2. The Morgan fingerprint density at radius 1 is 1.54 bits per heavy atom. The van der Waals surface area contributed by atoms with E-state index in [9.17, 15) is 0 Å². The Bertz CT molecular complexity index is 333. The molecule has 0 bridgehead atoms. The van der Waals surface area contributed by atoms with Crippen LogP contribution >= 0.6 is 22.6 Å². The van der Waals surface area contributed by atoms with Crippen LogP contribution in [-0.4, -0.2) is 13.9 Å². The minimum Gasteiger partial charge on any atom is -0.466 e. The molecule has 4 heteroatoms. The Morgan fingerprint density at radius 2 is 2.31 bits per heavy atom. The highest BCUT2D eigenvalue weighted by atomic mass is 127. The van der Waals surface area contributed by atoms with Gasteiger partial charge in [-0.15, -0.1) is 0 Å². The van der Waals surface area contributed by atoms with Gasteiger partial charge >= 0.3 is 0 Å². The average Bonchev–Trinajstić information content (AvgIpc) is 2.16. The molecule has 13 heavy (non-hydrogen) atoms. The summed E-state index contributed by atoms with van der Waals surface area (Å²) >= 11 is 2.12. The van der Waals surface area contributed by atoms with Crippen LogP contribution in [0.4, 0.5) is 0 Å². The van der Waals surface area contributed by atoms with Gasteiger partial charge in [0.15, 0.2) is 6.79 Å². The van der Waals surface area contributed by atoms with E-state index in [1.807, 2.05) is 0 Å². The zero-order valence-corrected chi connectivity index (χ0v) is 9.24. The van der Waals surface area contributed by atoms with E-state index < -0.39 is 0 Å². The van der Waals surface area contributed by atoms with Gasteiger partial charge in [0.25, 0.3) is 0 Å². The molecular formula is C9H8INO2. The molecule has 0 amide bonds. The molecule has 0 N–H and O–H groups in total. The molecule has 1 rings (SSSR count). The van der Waals surface area contributed by atoms with E-state index in [4.69, 9.17) is 14.7 Å². The fraction of sp³-hybridized carbons (Fsp3) is 0.222. The van der Waals surface area contributed by atoms with Crippen molar-refractivity contribution < 1.29 is 9.47 Å². The van der Waals surface area contributed by atoms with Gasteiger partial charge in [0.2, 0.25) is 0 Å². The van der Waals surface area contributed by atoms with Crippen molar-refractivity contribution in [2.75, 3.05) is 13.9 Å². The number of nitrogens with zero attached hydrogens (tertiary/aromatic N) is 1. The first-order valence-electron chi connectivity index (χ1n) is 3.59. The van der Waals surface area contributed by atoms with E-state index in [2.05, 4.69) is 28.7 Å². The van der Waals surface area contributed by atoms with Gasteiger partial charge in [-0.2, -0.15) is 5.26 Å². The van der Waals surface area contributed by atoms with E-state index in [1.165, 1.54) is 0 Å². The quantitative estimate of drug-likeness (QED) is 0.632. The largest absolute Gasteiger partial charge is 0.466 e. The van der Waals surface area contributed by atoms with Crippen molar-refractivity contribution in [2.24, 2.45) is 0 Å². The van der Waals surface area contributed by atoms with Crippen LogP contribution in [0.25, 0.3) is 0 Å². The second kappa shape index (κ2) is 5.04. The third-order valence-corrected chi connectivity index (χ3v) is 2.24. The van der Waals surface area contributed by atoms with Crippen molar-refractivity contribution in [3.63, 3.8) is 0 Å². The average molecular weight is 289 g/mol. The second-order valence-corrected chi connectivity index (χ2v) is 3.47. The molecule has 0 unspecified atom stereocenters. The van der Waals surface area contributed by atoms with Crippen molar-refractivity contribution >= 4 is 22.6 Å². The van der Waals surface area contributed by atoms with E-state index in [0.29, 0.717) is 5.56 Å². The van der Waals surface area contributed by atoms with E-state index in [1.54, 1.807) is 25.3 Å². The van der Waals surface area contributed by atoms with Crippen molar-refractivity contribution in [3.8, 4) is 11.8 Å². The number of halogens is 1. The molecule has 1 aromatic carbocycles. The van der Waals surface area contributed by atoms with Gasteiger partial charge in [-0.3, -0.25) is 0 Å². The number of hydrogen-bond acceptors (Lipinski definition) is 3. The minimum atomic E-state index is 0.224. The summed E-state index contributed by atoms with van der Waals surface area (Å²) in [4.78, 5) is 0. The second-order valence-electron chi connectivity index (χ2n) is 2.31. The topological polar surface area (TPSA) is 42.2 Å². The maximum atomic E-state index is 8.61. The molecular weight excluding hydrogens is 281 g/mol. The Balaban J connectivity index is 2.81. The van der Waals surface area contributed by atoms with E-state index in [-0.39, 0.29) is 6.79 Å². The van der Waals surface area contributed by atoms with Crippen molar-refractivity contribution in [1.29, 1.82) is 5.26 Å². The molecule has 0 saturated heterocycles. The lowest BCUT2D eigenvalue weighted by molar-refractivity contribution is 0.0505. The van der Waals surface area contributed by atoms with Crippen LogP contribution in [-0.2, 0) is 4.74 Å². The predicted molar refractivity (Wildman–Crippen MR) is 56.4 cm³/mol. The van der Waals surface area contributed by atoms with Gasteiger partial charge < -0.3 is 9.47 Å². The van der Waals surface area contributed by atoms with Crippen molar-refractivity contribution in [3.05, 3.63) is 27.3 Å². The molecule has 0 saturated carbocycles. The highest BCUT2D eigenvalue weighted by Gasteiger charge is 2.01. The smallest absolute Gasteiger partial charge is 0.188 e. The van der Waals surface area contributed by atoms with Gasteiger partial charge in [0, 0.05) is 7.11 Å². The zero-order valence-electron chi connectivity index (χ0n) is 7.08. The van der Waals surface area contributed by atoms with Gasteiger partial charge in [-0.1, -0.05) is 0 Å². The molecule has 0 fully saturated rings. The van der Waals surface area contributed by atoms with Gasteiger partial charge in [-0.25, -0.2) is 0 Å². The number of rotatable bonds is 3. The van der Waals surface area contributed by atoms with Crippen molar-refractivity contribution in [2.45, 2.75) is 0 Å². The summed E-state index contributed by atoms with van der Waals surface area (Å²) in [6.07, 6.45) is 0. The summed E-state index contributed by atoms with van der Waals surface area (Å²) in [5, 5.41) is 8.61. The third kappa shape index (κ3) is 2.86. The van der Waals surface area contributed by atoms with Crippen LogP contribution in [0.5, 0.6) is 5.75 Å². The lowest BCUT2D eigenvalue weighted by Gasteiger charge is -2.06. The molecule has 3 nitrogen and oxygen atoms in total. The van der Waals surface area contributed by atoms with Crippen molar-refractivity contribution in [1.82, 2.24) is 0 Å². The SMILES string of the molecule is COCOc1ccc(C#N)cc1I. The number of benzene rings is 1. The Morgan fingerprint density at radius 3 is 2.85 bits per heavy atom. The minimum absolute atomic E-state index is 0.224. The molecule has 0 atom stereocenters. The molecule has 68 valence electrons. The van der Waals surface area contributed by atoms with Gasteiger partial charge in [-0.05, 0) is 40.8 Å². The highest BCUT2D eigenvalue weighted by molar-refractivity contribution is 14.1. The maximum absolute atomic E-state index is 8.61. The molecule has 0 aromatic heterocycles. The summed E-state index contributed by atoms with van der Waals surface area (Å²) in [7, 11) is 1.57. The predicted octanol–water partition coefficient (Wildman–Crippen LogP) is 2.15. The van der Waals surface area contributed by atoms with Gasteiger partial charge in [0.1, 0.15) is 5.75 Å². The summed E-state index contributed by atoms with van der Waals surface area (Å²) < 4.78 is 10.9. The molecule has 0 aliphatic rings. The molecule has 0 spiro atoms. The fourth-order valence-electron chi connectivity index (χ4n) is 0.810. The Hall–Kier alpha value is -0.800. The first kappa shape index (κ1) is 10.3.